The number of hydrogen-bond donors (Lipinski definition) is 1. The molecule has 0 aliphatic carbocycles. The molecule has 0 spiro atoms. The highest BCUT2D eigenvalue weighted by atomic mass is 35.5. The number of aromatic nitrogens is 2. The van der Waals surface area contributed by atoms with Gasteiger partial charge in [0.05, 0.1) is 30.1 Å². The Morgan fingerprint density at radius 2 is 2.26 bits per heavy atom. The van der Waals surface area contributed by atoms with Crippen molar-refractivity contribution in [3.8, 4) is 11.8 Å². The molecule has 1 aromatic carbocycles. The summed E-state index contributed by atoms with van der Waals surface area (Å²) in [5.41, 5.74) is 3.03. The number of benzene rings is 1. The Morgan fingerprint density at radius 1 is 1.42 bits per heavy atom. The Hall–Kier alpha value is -1.76. The molecule has 1 heterocycles. The van der Waals surface area contributed by atoms with Gasteiger partial charge >= 0.3 is 0 Å². The Kier molecular flexibility index (Phi) is 4.62. The van der Waals surface area contributed by atoms with Crippen LogP contribution >= 0.6 is 11.6 Å². The van der Waals surface area contributed by atoms with Crippen LogP contribution < -0.4 is 0 Å². The van der Waals surface area contributed by atoms with Crippen LogP contribution in [-0.2, 0) is 6.54 Å². The van der Waals surface area contributed by atoms with Crippen LogP contribution in [0.2, 0.25) is 5.02 Å². The van der Waals surface area contributed by atoms with E-state index in [4.69, 9.17) is 16.7 Å². The third kappa shape index (κ3) is 3.60. The molecule has 0 fully saturated rings. The normalized spacial score (nSPS) is 10.1. The first-order valence-electron chi connectivity index (χ1n) is 6.07. The predicted octanol–water partition coefficient (Wildman–Crippen LogP) is 2.63. The van der Waals surface area contributed by atoms with Crippen LogP contribution in [-0.4, -0.2) is 21.5 Å². The average molecular weight is 275 g/mol. The number of hydrogen-bond acceptors (Lipinski definition) is 2. The van der Waals surface area contributed by atoms with Gasteiger partial charge in [-0.3, -0.25) is 4.68 Å². The third-order valence-corrected chi connectivity index (χ3v) is 3.14. The van der Waals surface area contributed by atoms with Crippen LogP contribution in [0.15, 0.2) is 30.5 Å². The summed E-state index contributed by atoms with van der Waals surface area (Å²) in [5.74, 6) is 5.94. The van der Waals surface area contributed by atoms with Gasteiger partial charge in [-0.2, -0.15) is 5.10 Å². The molecular weight excluding hydrogens is 260 g/mol. The van der Waals surface area contributed by atoms with Crippen LogP contribution in [0.1, 0.15) is 23.2 Å². The molecule has 0 radical (unpaired) electrons. The molecule has 98 valence electrons. The Bertz CT molecular complexity index is 623. The van der Waals surface area contributed by atoms with E-state index >= 15 is 0 Å². The summed E-state index contributed by atoms with van der Waals surface area (Å²) in [6.07, 6.45) is 2.15. The second-order valence-electron chi connectivity index (χ2n) is 4.21. The lowest BCUT2D eigenvalue weighted by Gasteiger charge is -2.05. The van der Waals surface area contributed by atoms with Crippen molar-refractivity contribution in [2.24, 2.45) is 0 Å². The highest BCUT2D eigenvalue weighted by Crippen LogP contribution is 2.15. The van der Waals surface area contributed by atoms with E-state index in [1.165, 1.54) is 0 Å². The molecule has 0 saturated carbocycles. The molecule has 1 aromatic heterocycles. The summed E-state index contributed by atoms with van der Waals surface area (Å²) in [4.78, 5) is 0. The summed E-state index contributed by atoms with van der Waals surface area (Å²) in [6, 6.07) is 7.99. The van der Waals surface area contributed by atoms with Gasteiger partial charge in [-0.05, 0) is 24.6 Å². The highest BCUT2D eigenvalue weighted by Gasteiger charge is 2.04. The van der Waals surface area contributed by atoms with Gasteiger partial charge in [0.25, 0.3) is 0 Å². The van der Waals surface area contributed by atoms with Crippen LogP contribution in [0.4, 0.5) is 0 Å². The zero-order valence-corrected chi connectivity index (χ0v) is 11.5. The largest absolute Gasteiger partial charge is 0.395 e. The van der Waals surface area contributed by atoms with Crippen LogP contribution in [0.25, 0.3) is 0 Å². The zero-order valence-electron chi connectivity index (χ0n) is 10.7. The molecule has 0 unspecified atom stereocenters. The van der Waals surface area contributed by atoms with Crippen molar-refractivity contribution in [2.75, 3.05) is 6.61 Å². The van der Waals surface area contributed by atoms with Crippen molar-refractivity contribution in [1.82, 2.24) is 9.78 Å². The van der Waals surface area contributed by atoms with Crippen molar-refractivity contribution >= 4 is 11.6 Å². The van der Waals surface area contributed by atoms with E-state index in [1.54, 1.807) is 6.20 Å². The number of nitrogens with zero attached hydrogens (tertiary/aromatic N) is 2. The quantitative estimate of drug-likeness (QED) is 0.874. The van der Waals surface area contributed by atoms with E-state index in [9.17, 15) is 0 Å². The summed E-state index contributed by atoms with van der Waals surface area (Å²) >= 11 is 5.98. The maximum atomic E-state index is 8.70. The first-order valence-corrected chi connectivity index (χ1v) is 6.45. The third-order valence-electron chi connectivity index (χ3n) is 2.77. The first kappa shape index (κ1) is 13.7. The van der Waals surface area contributed by atoms with Crippen LogP contribution in [0.3, 0.4) is 0 Å². The number of aliphatic hydroxyl groups excluding tert-OH is 1. The van der Waals surface area contributed by atoms with Crippen molar-refractivity contribution in [1.29, 1.82) is 0 Å². The van der Waals surface area contributed by atoms with Gasteiger partial charge in [0.2, 0.25) is 0 Å². The monoisotopic (exact) mass is 274 g/mol. The summed E-state index contributed by atoms with van der Waals surface area (Å²) in [7, 11) is 0. The van der Waals surface area contributed by atoms with E-state index in [2.05, 4.69) is 16.9 Å². The number of rotatable bonds is 3. The van der Waals surface area contributed by atoms with Gasteiger partial charge in [-0.15, -0.1) is 0 Å². The van der Waals surface area contributed by atoms with Gasteiger partial charge in [-0.25, -0.2) is 0 Å². The minimum Gasteiger partial charge on any atom is -0.395 e. The average Bonchev–Trinajstić information content (AvgIpc) is 2.72. The van der Waals surface area contributed by atoms with E-state index in [1.807, 2.05) is 35.9 Å². The standard InChI is InChI=1S/C15H15ClN2O/c1-12-15(16)10-17-18(12)11-14-7-4-6-13(9-14)5-2-3-8-19/h4,6-7,9-10,19H,3,8,11H2,1H3. The Morgan fingerprint density at radius 3 is 2.95 bits per heavy atom. The molecule has 2 aromatic rings. The maximum absolute atomic E-state index is 8.70. The fourth-order valence-corrected chi connectivity index (χ4v) is 1.87. The summed E-state index contributed by atoms with van der Waals surface area (Å²) in [5, 5.41) is 13.6. The molecule has 0 bridgehead atoms. The van der Waals surface area contributed by atoms with Gasteiger partial charge in [0, 0.05) is 12.0 Å². The molecule has 0 aliphatic heterocycles. The molecule has 2 rings (SSSR count). The van der Waals surface area contributed by atoms with Crippen molar-refractivity contribution in [3.05, 3.63) is 52.3 Å². The minimum absolute atomic E-state index is 0.0949. The van der Waals surface area contributed by atoms with E-state index in [0.717, 1.165) is 16.8 Å². The van der Waals surface area contributed by atoms with Gasteiger partial charge in [-0.1, -0.05) is 35.6 Å². The fraction of sp³-hybridized carbons (Fsp3) is 0.267. The fourth-order valence-electron chi connectivity index (χ4n) is 1.72. The molecular formula is C15H15ClN2O. The molecule has 0 atom stereocenters. The number of aliphatic hydroxyl groups is 1. The second kappa shape index (κ2) is 6.42. The predicted molar refractivity (Wildman–Crippen MR) is 76.1 cm³/mol. The molecule has 0 saturated heterocycles. The highest BCUT2D eigenvalue weighted by molar-refractivity contribution is 6.31. The van der Waals surface area contributed by atoms with Crippen molar-refractivity contribution in [2.45, 2.75) is 19.9 Å². The lowest BCUT2D eigenvalue weighted by Crippen LogP contribution is -2.03. The SMILES string of the molecule is Cc1c(Cl)cnn1Cc1cccc(C#CCCO)c1. The van der Waals surface area contributed by atoms with Crippen molar-refractivity contribution < 1.29 is 5.11 Å². The smallest absolute Gasteiger partial charge is 0.0815 e. The van der Waals surface area contributed by atoms with Gasteiger partial charge in [0.15, 0.2) is 0 Å². The molecule has 0 amide bonds. The van der Waals surface area contributed by atoms with Crippen LogP contribution in [0, 0.1) is 18.8 Å². The maximum Gasteiger partial charge on any atom is 0.0815 e. The molecule has 0 aliphatic rings. The van der Waals surface area contributed by atoms with Gasteiger partial charge < -0.3 is 5.11 Å². The van der Waals surface area contributed by atoms with E-state index in [-0.39, 0.29) is 6.61 Å². The van der Waals surface area contributed by atoms with Crippen molar-refractivity contribution in [3.63, 3.8) is 0 Å². The number of halogens is 1. The zero-order chi connectivity index (χ0) is 13.7. The Labute approximate surface area is 117 Å². The van der Waals surface area contributed by atoms with Crippen LogP contribution in [0.5, 0.6) is 0 Å². The molecule has 3 nitrogen and oxygen atoms in total. The molecule has 4 heteroatoms. The topological polar surface area (TPSA) is 38.0 Å². The van der Waals surface area contributed by atoms with E-state index < -0.39 is 0 Å². The molecule has 19 heavy (non-hydrogen) atoms. The Balaban J connectivity index is 2.16. The lowest BCUT2D eigenvalue weighted by atomic mass is 10.1. The van der Waals surface area contributed by atoms with E-state index in [0.29, 0.717) is 18.0 Å². The van der Waals surface area contributed by atoms with Gasteiger partial charge in [0.1, 0.15) is 0 Å². The minimum atomic E-state index is 0.0949. The summed E-state index contributed by atoms with van der Waals surface area (Å²) in [6.45, 7) is 2.71. The lowest BCUT2D eigenvalue weighted by molar-refractivity contribution is 0.305. The second-order valence-corrected chi connectivity index (χ2v) is 4.62. The first-order chi connectivity index (χ1) is 9.20. The molecule has 1 N–H and O–H groups in total. The summed E-state index contributed by atoms with van der Waals surface area (Å²) < 4.78 is 1.86.